The molecule has 0 bridgehead atoms. The topological polar surface area (TPSA) is 60.2 Å². The summed E-state index contributed by atoms with van der Waals surface area (Å²) in [4.78, 5) is 0. The van der Waals surface area contributed by atoms with Crippen molar-refractivity contribution in [2.24, 2.45) is 0 Å². The predicted molar refractivity (Wildman–Crippen MR) is 57.1 cm³/mol. The van der Waals surface area contributed by atoms with Gasteiger partial charge in [-0.25, -0.2) is 8.42 Å². The summed E-state index contributed by atoms with van der Waals surface area (Å²) < 4.78 is 22.7. The minimum atomic E-state index is -2.98. The minimum absolute atomic E-state index is 0.0356. The normalized spacial score (nSPS) is 11.5. The second-order valence-electron chi connectivity index (χ2n) is 2.92. The third-order valence-electron chi connectivity index (χ3n) is 1.49. The molecule has 0 saturated heterocycles. The fraction of sp³-hybridized carbons (Fsp3) is 0.250. The Morgan fingerprint density at radius 2 is 2.08 bits per heavy atom. The smallest absolute Gasteiger partial charge is 0.151 e. The lowest BCUT2D eigenvalue weighted by Crippen LogP contribution is -2.01. The third-order valence-corrected chi connectivity index (χ3v) is 3.07. The van der Waals surface area contributed by atoms with Gasteiger partial charge in [-0.1, -0.05) is 22.0 Å². The Morgan fingerprint density at radius 3 is 2.54 bits per heavy atom. The van der Waals surface area contributed by atoms with Crippen molar-refractivity contribution >= 4 is 31.5 Å². The van der Waals surface area contributed by atoms with Gasteiger partial charge in [-0.2, -0.15) is 0 Å². The van der Waals surface area contributed by atoms with Crippen LogP contribution in [-0.2, 0) is 15.6 Å². The van der Waals surface area contributed by atoms with Crippen LogP contribution in [0.15, 0.2) is 22.7 Å². The van der Waals surface area contributed by atoms with Crippen molar-refractivity contribution < 1.29 is 8.42 Å². The first-order valence-corrected chi connectivity index (χ1v) is 6.45. The van der Waals surface area contributed by atoms with E-state index in [0.717, 1.165) is 10.0 Å². The summed E-state index contributed by atoms with van der Waals surface area (Å²) >= 11 is 3.26. The van der Waals surface area contributed by atoms with Gasteiger partial charge in [0, 0.05) is 16.4 Å². The Kier molecular flexibility index (Phi) is 2.98. The highest BCUT2D eigenvalue weighted by Crippen LogP contribution is 2.21. The van der Waals surface area contributed by atoms with E-state index in [1.54, 1.807) is 18.2 Å². The first kappa shape index (κ1) is 10.5. The summed E-state index contributed by atoms with van der Waals surface area (Å²) in [6.45, 7) is 0. The van der Waals surface area contributed by atoms with Crippen molar-refractivity contribution in [3.8, 4) is 0 Å². The summed E-state index contributed by atoms with van der Waals surface area (Å²) in [6.07, 6.45) is 1.20. The van der Waals surface area contributed by atoms with Gasteiger partial charge in [-0.15, -0.1) is 0 Å². The summed E-state index contributed by atoms with van der Waals surface area (Å²) in [5, 5.41) is 0. The van der Waals surface area contributed by atoms with Gasteiger partial charge in [0.1, 0.15) is 0 Å². The molecule has 2 N–H and O–H groups in total. The number of anilines is 1. The molecule has 0 heterocycles. The molecule has 0 saturated carbocycles. The zero-order valence-electron chi connectivity index (χ0n) is 7.12. The molecule has 72 valence electrons. The summed E-state index contributed by atoms with van der Waals surface area (Å²) in [7, 11) is -2.98. The van der Waals surface area contributed by atoms with Crippen molar-refractivity contribution in [1.29, 1.82) is 0 Å². The largest absolute Gasteiger partial charge is 0.399 e. The molecule has 0 radical (unpaired) electrons. The highest BCUT2D eigenvalue weighted by Gasteiger charge is 2.07. The number of rotatable bonds is 2. The lowest BCUT2D eigenvalue weighted by Gasteiger charge is -2.03. The Bertz CT molecular complexity index is 414. The first-order chi connectivity index (χ1) is 5.88. The standard InChI is InChI=1S/C8H10BrNO2S/c1-13(11,12)5-6-2-3-7(10)4-8(6)9/h2-4H,5,10H2,1H3. The Balaban J connectivity index is 3.04. The molecule has 0 atom stereocenters. The molecular weight excluding hydrogens is 254 g/mol. The number of benzene rings is 1. The number of hydrogen-bond acceptors (Lipinski definition) is 3. The molecule has 0 aliphatic rings. The summed E-state index contributed by atoms with van der Waals surface area (Å²) in [6, 6.07) is 5.09. The van der Waals surface area contributed by atoms with Crippen LogP contribution in [0.25, 0.3) is 0 Å². The predicted octanol–water partition coefficient (Wildman–Crippen LogP) is 1.58. The fourth-order valence-electron chi connectivity index (χ4n) is 0.963. The number of hydrogen-bond donors (Lipinski definition) is 1. The molecule has 0 spiro atoms. The maximum Gasteiger partial charge on any atom is 0.151 e. The average Bonchev–Trinajstić information content (AvgIpc) is 1.93. The number of nitrogens with two attached hydrogens (primary N) is 1. The highest BCUT2D eigenvalue weighted by molar-refractivity contribution is 9.10. The van der Waals surface area contributed by atoms with Crippen molar-refractivity contribution in [3.05, 3.63) is 28.2 Å². The van der Waals surface area contributed by atoms with Gasteiger partial charge in [0.05, 0.1) is 5.75 Å². The van der Waals surface area contributed by atoms with E-state index in [0.29, 0.717) is 5.69 Å². The second kappa shape index (κ2) is 3.67. The Labute approximate surface area is 86.0 Å². The number of halogens is 1. The third kappa shape index (κ3) is 3.36. The Hall–Kier alpha value is -0.550. The maximum atomic E-state index is 11.0. The van der Waals surface area contributed by atoms with E-state index in [4.69, 9.17) is 5.73 Å². The van der Waals surface area contributed by atoms with Gasteiger partial charge in [-0.3, -0.25) is 0 Å². The first-order valence-electron chi connectivity index (χ1n) is 3.60. The summed E-state index contributed by atoms with van der Waals surface area (Å²) in [5.41, 5.74) is 6.86. The molecule has 0 unspecified atom stereocenters. The van der Waals surface area contributed by atoms with E-state index in [1.165, 1.54) is 6.26 Å². The molecule has 1 aromatic carbocycles. The van der Waals surface area contributed by atoms with Gasteiger partial charge in [0.15, 0.2) is 9.84 Å². The van der Waals surface area contributed by atoms with E-state index >= 15 is 0 Å². The van der Waals surface area contributed by atoms with Crippen molar-refractivity contribution in [1.82, 2.24) is 0 Å². The monoisotopic (exact) mass is 263 g/mol. The van der Waals surface area contributed by atoms with Crippen LogP contribution in [0, 0.1) is 0 Å². The quantitative estimate of drug-likeness (QED) is 0.825. The van der Waals surface area contributed by atoms with E-state index in [1.807, 2.05) is 0 Å². The molecule has 0 aromatic heterocycles. The Morgan fingerprint density at radius 1 is 1.46 bits per heavy atom. The molecule has 0 aliphatic heterocycles. The van der Waals surface area contributed by atoms with Crippen LogP contribution < -0.4 is 5.73 Å². The SMILES string of the molecule is CS(=O)(=O)Cc1ccc(N)cc1Br. The zero-order chi connectivity index (χ0) is 10.1. The lowest BCUT2D eigenvalue weighted by atomic mass is 10.2. The van der Waals surface area contributed by atoms with Crippen molar-refractivity contribution in [2.75, 3.05) is 12.0 Å². The van der Waals surface area contributed by atoms with Crippen LogP contribution >= 0.6 is 15.9 Å². The van der Waals surface area contributed by atoms with Crippen LogP contribution in [0.5, 0.6) is 0 Å². The fourth-order valence-corrected chi connectivity index (χ4v) is 2.50. The lowest BCUT2D eigenvalue weighted by molar-refractivity contribution is 0.601. The molecular formula is C8H10BrNO2S. The molecule has 1 rings (SSSR count). The minimum Gasteiger partial charge on any atom is -0.399 e. The number of nitrogen functional groups attached to an aromatic ring is 1. The van der Waals surface area contributed by atoms with Crippen LogP contribution in [0.3, 0.4) is 0 Å². The molecule has 5 heteroatoms. The van der Waals surface area contributed by atoms with Crippen LogP contribution in [-0.4, -0.2) is 14.7 Å². The van der Waals surface area contributed by atoms with Gasteiger partial charge in [-0.05, 0) is 17.7 Å². The van der Waals surface area contributed by atoms with Crippen LogP contribution in [0.1, 0.15) is 5.56 Å². The summed E-state index contributed by atoms with van der Waals surface area (Å²) in [5.74, 6) is 0.0356. The molecule has 0 aliphatic carbocycles. The van der Waals surface area contributed by atoms with Gasteiger partial charge >= 0.3 is 0 Å². The van der Waals surface area contributed by atoms with Crippen molar-refractivity contribution in [2.45, 2.75) is 5.75 Å². The average molecular weight is 264 g/mol. The highest BCUT2D eigenvalue weighted by atomic mass is 79.9. The van der Waals surface area contributed by atoms with Crippen molar-refractivity contribution in [3.63, 3.8) is 0 Å². The van der Waals surface area contributed by atoms with Crippen LogP contribution in [0.2, 0.25) is 0 Å². The van der Waals surface area contributed by atoms with E-state index in [9.17, 15) is 8.42 Å². The zero-order valence-corrected chi connectivity index (χ0v) is 9.52. The van der Waals surface area contributed by atoms with Gasteiger partial charge < -0.3 is 5.73 Å². The number of sulfone groups is 1. The molecule has 3 nitrogen and oxygen atoms in total. The molecule has 0 fully saturated rings. The molecule has 1 aromatic rings. The second-order valence-corrected chi connectivity index (χ2v) is 5.92. The van der Waals surface area contributed by atoms with E-state index in [-0.39, 0.29) is 5.75 Å². The van der Waals surface area contributed by atoms with Crippen LogP contribution in [0.4, 0.5) is 5.69 Å². The molecule has 13 heavy (non-hydrogen) atoms. The van der Waals surface area contributed by atoms with Gasteiger partial charge in [0.2, 0.25) is 0 Å². The van der Waals surface area contributed by atoms with E-state index < -0.39 is 9.84 Å². The van der Waals surface area contributed by atoms with E-state index in [2.05, 4.69) is 15.9 Å². The molecule has 0 amide bonds. The van der Waals surface area contributed by atoms with Gasteiger partial charge in [0.25, 0.3) is 0 Å². The maximum absolute atomic E-state index is 11.0.